The van der Waals surface area contributed by atoms with E-state index >= 15 is 0 Å². The predicted octanol–water partition coefficient (Wildman–Crippen LogP) is 1.92. The van der Waals surface area contributed by atoms with Crippen molar-refractivity contribution in [2.45, 2.75) is 12.8 Å². The van der Waals surface area contributed by atoms with Crippen molar-refractivity contribution in [1.82, 2.24) is 0 Å². The zero-order chi connectivity index (χ0) is 11.0. The van der Waals surface area contributed by atoms with E-state index in [9.17, 15) is 4.79 Å². The third kappa shape index (κ3) is 1.86. The molecule has 2 rings (SSSR count). The van der Waals surface area contributed by atoms with E-state index < -0.39 is 0 Å². The monoisotopic (exact) mass is 269 g/mol. The highest BCUT2D eigenvalue weighted by Crippen LogP contribution is 2.33. The van der Waals surface area contributed by atoms with Crippen molar-refractivity contribution in [3.63, 3.8) is 0 Å². The van der Waals surface area contributed by atoms with E-state index in [-0.39, 0.29) is 11.9 Å². The van der Waals surface area contributed by atoms with Gasteiger partial charge in [0.1, 0.15) is 0 Å². The number of carbonyl (C=O) groups excluding carboxylic acids is 1. The Morgan fingerprint density at radius 2 is 2.07 bits per heavy atom. The SMILES string of the molecule is COC(=O)C1Cc2cc(N)c(Br)cc2C1. The van der Waals surface area contributed by atoms with E-state index in [1.807, 2.05) is 12.1 Å². The zero-order valence-corrected chi connectivity index (χ0v) is 10.0. The molecule has 15 heavy (non-hydrogen) atoms. The third-order valence-electron chi connectivity index (χ3n) is 2.79. The molecule has 80 valence electrons. The number of rotatable bonds is 1. The highest BCUT2D eigenvalue weighted by Gasteiger charge is 2.28. The van der Waals surface area contributed by atoms with Crippen LogP contribution in [-0.4, -0.2) is 13.1 Å². The Morgan fingerprint density at radius 3 is 2.67 bits per heavy atom. The van der Waals surface area contributed by atoms with E-state index in [1.54, 1.807) is 0 Å². The van der Waals surface area contributed by atoms with Crippen LogP contribution in [0.5, 0.6) is 0 Å². The molecule has 0 amide bonds. The van der Waals surface area contributed by atoms with Crippen LogP contribution >= 0.6 is 15.9 Å². The Bertz CT molecular complexity index is 386. The maximum atomic E-state index is 11.4. The van der Waals surface area contributed by atoms with Crippen molar-refractivity contribution in [3.8, 4) is 0 Å². The van der Waals surface area contributed by atoms with Gasteiger partial charge in [-0.1, -0.05) is 0 Å². The lowest BCUT2D eigenvalue weighted by Gasteiger charge is -2.04. The largest absolute Gasteiger partial charge is 0.469 e. The average molecular weight is 270 g/mol. The number of halogens is 1. The standard InChI is InChI=1S/C11H12BrNO2/c1-15-11(14)8-2-6-4-9(12)10(13)5-7(6)3-8/h4-5,8H,2-3,13H2,1H3. The molecule has 0 heterocycles. The molecule has 1 aliphatic carbocycles. The van der Waals surface area contributed by atoms with Gasteiger partial charge in [-0.05, 0) is 52.0 Å². The van der Waals surface area contributed by atoms with Gasteiger partial charge in [0.25, 0.3) is 0 Å². The second-order valence-corrected chi connectivity index (χ2v) is 4.63. The molecule has 0 bridgehead atoms. The highest BCUT2D eigenvalue weighted by atomic mass is 79.9. The first-order valence-corrected chi connectivity index (χ1v) is 5.55. The van der Waals surface area contributed by atoms with Crippen LogP contribution in [0.3, 0.4) is 0 Å². The van der Waals surface area contributed by atoms with Crippen molar-refractivity contribution >= 4 is 27.6 Å². The maximum absolute atomic E-state index is 11.4. The molecule has 1 aromatic carbocycles. The van der Waals surface area contributed by atoms with Gasteiger partial charge < -0.3 is 10.5 Å². The molecular formula is C11H12BrNO2. The summed E-state index contributed by atoms with van der Waals surface area (Å²) in [5.41, 5.74) is 8.85. The molecule has 4 heteroatoms. The third-order valence-corrected chi connectivity index (χ3v) is 3.47. The first-order chi connectivity index (χ1) is 7.11. The second-order valence-electron chi connectivity index (χ2n) is 3.77. The minimum Gasteiger partial charge on any atom is -0.469 e. The van der Waals surface area contributed by atoms with Crippen molar-refractivity contribution < 1.29 is 9.53 Å². The summed E-state index contributed by atoms with van der Waals surface area (Å²) in [6.07, 6.45) is 1.49. The van der Waals surface area contributed by atoms with Crippen LogP contribution in [0, 0.1) is 5.92 Å². The quantitative estimate of drug-likeness (QED) is 0.626. The first-order valence-electron chi connectivity index (χ1n) is 4.76. The number of esters is 1. The number of methoxy groups -OCH3 is 1. The summed E-state index contributed by atoms with van der Waals surface area (Å²) in [7, 11) is 1.43. The molecule has 2 N–H and O–H groups in total. The van der Waals surface area contributed by atoms with E-state index in [0.29, 0.717) is 0 Å². The van der Waals surface area contributed by atoms with Crippen LogP contribution in [0.15, 0.2) is 16.6 Å². The normalized spacial score (nSPS) is 18.7. The van der Waals surface area contributed by atoms with Gasteiger partial charge in [-0.3, -0.25) is 4.79 Å². The van der Waals surface area contributed by atoms with Gasteiger partial charge in [0, 0.05) is 10.2 Å². The molecule has 1 aromatic rings. The van der Waals surface area contributed by atoms with Crippen molar-refractivity contribution in [2.75, 3.05) is 12.8 Å². The topological polar surface area (TPSA) is 52.3 Å². The van der Waals surface area contributed by atoms with Crippen LogP contribution < -0.4 is 5.73 Å². The molecule has 1 aliphatic rings. The summed E-state index contributed by atoms with van der Waals surface area (Å²) < 4.78 is 5.64. The molecule has 0 spiro atoms. The number of hydrogen-bond acceptors (Lipinski definition) is 3. The summed E-state index contributed by atoms with van der Waals surface area (Å²) >= 11 is 3.38. The number of benzene rings is 1. The Labute approximate surface area is 96.7 Å². The Hall–Kier alpha value is -1.03. The molecule has 3 nitrogen and oxygen atoms in total. The van der Waals surface area contributed by atoms with Gasteiger partial charge in [-0.25, -0.2) is 0 Å². The lowest BCUT2D eigenvalue weighted by Crippen LogP contribution is -2.15. The summed E-state index contributed by atoms with van der Waals surface area (Å²) in [5, 5.41) is 0. The van der Waals surface area contributed by atoms with Crippen LogP contribution in [0.4, 0.5) is 5.69 Å². The summed E-state index contributed by atoms with van der Waals surface area (Å²) in [4.78, 5) is 11.4. The van der Waals surface area contributed by atoms with E-state index in [2.05, 4.69) is 15.9 Å². The van der Waals surface area contributed by atoms with Crippen LogP contribution in [-0.2, 0) is 22.4 Å². The Kier molecular flexibility index (Phi) is 2.69. The minimum atomic E-state index is -0.138. The number of fused-ring (bicyclic) bond motifs is 1. The van der Waals surface area contributed by atoms with Gasteiger partial charge in [0.05, 0.1) is 13.0 Å². The Balaban J connectivity index is 2.27. The number of ether oxygens (including phenoxy) is 1. The molecule has 0 fully saturated rings. The summed E-state index contributed by atoms with van der Waals surface area (Å²) in [6.45, 7) is 0. The molecular weight excluding hydrogens is 258 g/mol. The van der Waals surface area contributed by atoms with Crippen LogP contribution in [0.25, 0.3) is 0 Å². The van der Waals surface area contributed by atoms with E-state index in [4.69, 9.17) is 10.5 Å². The van der Waals surface area contributed by atoms with Gasteiger partial charge >= 0.3 is 5.97 Å². The average Bonchev–Trinajstić information content (AvgIpc) is 2.60. The molecule has 1 atom stereocenters. The second kappa shape index (κ2) is 3.85. The van der Waals surface area contributed by atoms with Crippen molar-refractivity contribution in [3.05, 3.63) is 27.7 Å². The number of anilines is 1. The fourth-order valence-electron chi connectivity index (χ4n) is 1.99. The molecule has 0 saturated heterocycles. The fraction of sp³-hybridized carbons (Fsp3) is 0.364. The Morgan fingerprint density at radius 1 is 1.47 bits per heavy atom. The first kappa shape index (κ1) is 10.5. The predicted molar refractivity (Wildman–Crippen MR) is 61.5 cm³/mol. The molecule has 0 aromatic heterocycles. The lowest BCUT2D eigenvalue weighted by molar-refractivity contribution is -0.145. The molecule has 0 saturated carbocycles. The summed E-state index contributed by atoms with van der Waals surface area (Å²) in [5.74, 6) is -0.181. The van der Waals surface area contributed by atoms with Crippen molar-refractivity contribution in [1.29, 1.82) is 0 Å². The maximum Gasteiger partial charge on any atom is 0.309 e. The number of nitrogen functional groups attached to an aromatic ring is 1. The minimum absolute atomic E-state index is 0.0429. The van der Waals surface area contributed by atoms with Crippen LogP contribution in [0.1, 0.15) is 11.1 Å². The molecule has 0 radical (unpaired) electrons. The fourth-order valence-corrected chi connectivity index (χ4v) is 2.39. The zero-order valence-electron chi connectivity index (χ0n) is 8.42. The van der Waals surface area contributed by atoms with Gasteiger partial charge in [-0.15, -0.1) is 0 Å². The molecule has 1 unspecified atom stereocenters. The smallest absolute Gasteiger partial charge is 0.309 e. The number of carbonyl (C=O) groups is 1. The van der Waals surface area contributed by atoms with E-state index in [1.165, 1.54) is 12.7 Å². The number of nitrogens with two attached hydrogens (primary N) is 1. The summed E-state index contributed by atoms with van der Waals surface area (Å²) in [6, 6.07) is 3.93. The van der Waals surface area contributed by atoms with Gasteiger partial charge in [0.2, 0.25) is 0 Å². The van der Waals surface area contributed by atoms with Gasteiger partial charge in [-0.2, -0.15) is 0 Å². The lowest BCUT2D eigenvalue weighted by atomic mass is 10.1. The van der Waals surface area contributed by atoms with Gasteiger partial charge in [0.15, 0.2) is 0 Å². The highest BCUT2D eigenvalue weighted by molar-refractivity contribution is 9.10. The van der Waals surface area contributed by atoms with Crippen LogP contribution in [0.2, 0.25) is 0 Å². The number of hydrogen-bond donors (Lipinski definition) is 1. The van der Waals surface area contributed by atoms with Crippen molar-refractivity contribution in [2.24, 2.45) is 5.92 Å². The molecule has 0 aliphatic heterocycles. The van der Waals surface area contributed by atoms with E-state index in [0.717, 1.165) is 28.6 Å².